The monoisotopic (exact) mass is 536 g/mol. The quantitative estimate of drug-likeness (QED) is 0.464. The van der Waals surface area contributed by atoms with Crippen molar-refractivity contribution in [2.45, 2.75) is 49.1 Å². The van der Waals surface area contributed by atoms with Crippen LogP contribution >= 0.6 is 0 Å². The summed E-state index contributed by atoms with van der Waals surface area (Å²) in [5.41, 5.74) is 2.34. The molecule has 0 bridgehead atoms. The van der Waals surface area contributed by atoms with Crippen LogP contribution in [0.3, 0.4) is 0 Å². The first-order chi connectivity index (χ1) is 18.4. The van der Waals surface area contributed by atoms with Gasteiger partial charge < -0.3 is 19.1 Å². The van der Waals surface area contributed by atoms with E-state index in [1.165, 1.54) is 6.07 Å². The first-order valence-corrected chi connectivity index (χ1v) is 14.3. The number of hydrogen-bond donors (Lipinski definition) is 1. The van der Waals surface area contributed by atoms with Crippen molar-refractivity contribution in [2.75, 3.05) is 33.9 Å². The molecule has 1 aliphatic carbocycles. The highest BCUT2D eigenvalue weighted by Gasteiger charge is 2.29. The van der Waals surface area contributed by atoms with Crippen molar-refractivity contribution in [1.82, 2.24) is 14.6 Å². The molecule has 1 fully saturated rings. The molecule has 2 aliphatic rings. The van der Waals surface area contributed by atoms with Crippen LogP contribution in [0.4, 0.5) is 0 Å². The first kappa shape index (κ1) is 26.2. The lowest BCUT2D eigenvalue weighted by atomic mass is 9.90. The van der Waals surface area contributed by atoms with E-state index < -0.39 is 10.0 Å². The standard InChI is InChI=1S/C28H32N4O5S/c1-32(11-10-24-19(17-29)18-30-26-8-6-22(35-2)15-25(24)26)21-5-3-4-20(14-21)31-38(33,34)23-7-9-27-28(16-23)37-13-12-36-27/h6-9,15-16,18,20-21,31H,3-5,10-14H2,1-2H3. The van der Waals surface area contributed by atoms with E-state index in [0.717, 1.165) is 54.4 Å². The van der Waals surface area contributed by atoms with Gasteiger partial charge in [0.25, 0.3) is 0 Å². The number of sulfonamides is 1. The molecule has 0 amide bonds. The topological polar surface area (TPSA) is 114 Å². The Labute approximate surface area is 223 Å². The zero-order valence-electron chi connectivity index (χ0n) is 21.6. The zero-order chi connectivity index (χ0) is 26.7. The lowest BCUT2D eigenvalue weighted by Crippen LogP contribution is -2.45. The van der Waals surface area contributed by atoms with E-state index in [2.05, 4.69) is 27.7 Å². The fourth-order valence-corrected chi connectivity index (χ4v) is 6.64. The van der Waals surface area contributed by atoms with Gasteiger partial charge in [0.05, 0.1) is 23.1 Å². The van der Waals surface area contributed by atoms with Gasteiger partial charge in [0, 0.05) is 36.3 Å². The van der Waals surface area contributed by atoms with E-state index in [-0.39, 0.29) is 17.0 Å². The minimum atomic E-state index is -3.70. The number of rotatable bonds is 8. The van der Waals surface area contributed by atoms with Crippen LogP contribution in [-0.4, -0.2) is 64.3 Å². The van der Waals surface area contributed by atoms with Crippen LogP contribution in [0.1, 0.15) is 36.8 Å². The van der Waals surface area contributed by atoms with E-state index in [4.69, 9.17) is 14.2 Å². The molecule has 3 aromatic rings. The number of fused-ring (bicyclic) bond motifs is 2. The van der Waals surface area contributed by atoms with E-state index in [0.29, 0.717) is 36.7 Å². The van der Waals surface area contributed by atoms with Crippen molar-refractivity contribution in [3.63, 3.8) is 0 Å². The molecule has 1 aliphatic heterocycles. The Kier molecular flexibility index (Phi) is 7.70. The molecular formula is C28H32N4O5S. The molecule has 1 N–H and O–H groups in total. The summed E-state index contributed by atoms with van der Waals surface area (Å²) in [6.45, 7) is 1.59. The van der Waals surface area contributed by atoms with Crippen LogP contribution in [-0.2, 0) is 16.4 Å². The molecule has 0 saturated heterocycles. The minimum absolute atomic E-state index is 0.157. The van der Waals surface area contributed by atoms with Gasteiger partial charge in [0.1, 0.15) is 25.0 Å². The summed E-state index contributed by atoms with van der Waals surface area (Å²) < 4.78 is 45.7. The number of hydrogen-bond acceptors (Lipinski definition) is 8. The van der Waals surface area contributed by atoms with Gasteiger partial charge in [0.2, 0.25) is 10.0 Å². The summed E-state index contributed by atoms with van der Waals surface area (Å²) in [5, 5.41) is 10.6. The molecule has 0 spiro atoms. The third-order valence-electron chi connectivity index (χ3n) is 7.44. The third-order valence-corrected chi connectivity index (χ3v) is 8.96. The first-order valence-electron chi connectivity index (χ1n) is 12.9. The highest BCUT2D eigenvalue weighted by atomic mass is 32.2. The largest absolute Gasteiger partial charge is 0.497 e. The number of ether oxygens (including phenoxy) is 3. The van der Waals surface area contributed by atoms with E-state index in [9.17, 15) is 13.7 Å². The highest BCUT2D eigenvalue weighted by Crippen LogP contribution is 2.33. The summed E-state index contributed by atoms with van der Waals surface area (Å²) >= 11 is 0. The fourth-order valence-electron chi connectivity index (χ4n) is 5.34. The Morgan fingerprint density at radius 3 is 2.76 bits per heavy atom. The summed E-state index contributed by atoms with van der Waals surface area (Å²) in [4.78, 5) is 6.88. The number of pyridine rings is 1. The SMILES string of the molecule is COc1ccc2ncc(C#N)c(CCN(C)C3CCCC(NS(=O)(=O)c4ccc5c(c4)OCCO5)C3)c2c1. The molecule has 1 aromatic heterocycles. The van der Waals surface area contributed by atoms with Gasteiger partial charge in [-0.3, -0.25) is 4.98 Å². The maximum absolute atomic E-state index is 13.2. The number of nitriles is 1. The zero-order valence-corrected chi connectivity index (χ0v) is 22.5. The summed E-state index contributed by atoms with van der Waals surface area (Å²) in [6, 6.07) is 12.8. The van der Waals surface area contributed by atoms with E-state index in [1.807, 2.05) is 18.2 Å². The van der Waals surface area contributed by atoms with E-state index >= 15 is 0 Å². The second-order valence-corrected chi connectivity index (χ2v) is 11.5. The van der Waals surface area contributed by atoms with E-state index in [1.54, 1.807) is 25.4 Å². The van der Waals surface area contributed by atoms with Gasteiger partial charge in [-0.15, -0.1) is 0 Å². The number of benzene rings is 2. The molecule has 10 heteroatoms. The average Bonchev–Trinajstić information content (AvgIpc) is 2.94. The Morgan fingerprint density at radius 2 is 1.97 bits per heavy atom. The molecule has 2 atom stereocenters. The smallest absolute Gasteiger partial charge is 0.240 e. The summed E-state index contributed by atoms with van der Waals surface area (Å²) in [5.74, 6) is 1.75. The highest BCUT2D eigenvalue weighted by molar-refractivity contribution is 7.89. The van der Waals surface area contributed by atoms with Crippen LogP contribution in [0.5, 0.6) is 17.2 Å². The number of nitrogens with one attached hydrogen (secondary N) is 1. The lowest BCUT2D eigenvalue weighted by molar-refractivity contribution is 0.171. The summed E-state index contributed by atoms with van der Waals surface area (Å²) in [6.07, 6.45) is 5.75. The van der Waals surface area contributed by atoms with Gasteiger partial charge >= 0.3 is 0 Å². The fraction of sp³-hybridized carbons (Fsp3) is 0.429. The number of methoxy groups -OCH3 is 1. The maximum atomic E-state index is 13.2. The Balaban J connectivity index is 1.25. The second-order valence-electron chi connectivity index (χ2n) is 9.82. The summed E-state index contributed by atoms with van der Waals surface area (Å²) in [7, 11) is -0.00610. The van der Waals surface area contributed by atoms with Crippen molar-refractivity contribution >= 4 is 20.9 Å². The number of likely N-dealkylation sites (N-methyl/N-ethyl adjacent to an activating group) is 1. The molecule has 38 heavy (non-hydrogen) atoms. The van der Waals surface area contributed by atoms with Gasteiger partial charge in [-0.05, 0) is 68.6 Å². The second kappa shape index (κ2) is 11.2. The molecule has 2 aromatic carbocycles. The van der Waals surface area contributed by atoms with Crippen LogP contribution in [0.2, 0.25) is 0 Å². The Hall–Kier alpha value is -3.39. The molecule has 9 nitrogen and oxygen atoms in total. The van der Waals surface area contributed by atoms with Crippen molar-refractivity contribution in [3.05, 3.63) is 53.7 Å². The minimum Gasteiger partial charge on any atom is -0.497 e. The van der Waals surface area contributed by atoms with Gasteiger partial charge in [0.15, 0.2) is 11.5 Å². The Morgan fingerprint density at radius 1 is 1.16 bits per heavy atom. The predicted molar refractivity (Wildman–Crippen MR) is 143 cm³/mol. The predicted octanol–water partition coefficient (Wildman–Crippen LogP) is 3.65. The molecule has 2 unspecified atom stereocenters. The van der Waals surface area contributed by atoms with Gasteiger partial charge in [-0.2, -0.15) is 5.26 Å². The van der Waals surface area contributed by atoms with Crippen molar-refractivity contribution in [2.24, 2.45) is 0 Å². The van der Waals surface area contributed by atoms with Crippen LogP contribution in [0.15, 0.2) is 47.5 Å². The van der Waals surface area contributed by atoms with Crippen LogP contribution < -0.4 is 18.9 Å². The van der Waals surface area contributed by atoms with Gasteiger partial charge in [-0.1, -0.05) is 6.42 Å². The molecule has 2 heterocycles. The number of nitrogens with zero attached hydrogens (tertiary/aromatic N) is 3. The van der Waals surface area contributed by atoms with Crippen molar-refractivity contribution in [1.29, 1.82) is 5.26 Å². The van der Waals surface area contributed by atoms with Crippen LogP contribution in [0.25, 0.3) is 10.9 Å². The molecular weight excluding hydrogens is 504 g/mol. The van der Waals surface area contributed by atoms with Crippen molar-refractivity contribution < 1.29 is 22.6 Å². The average molecular weight is 537 g/mol. The maximum Gasteiger partial charge on any atom is 0.240 e. The van der Waals surface area contributed by atoms with Crippen LogP contribution in [0, 0.1) is 11.3 Å². The molecule has 1 saturated carbocycles. The molecule has 0 radical (unpaired) electrons. The van der Waals surface area contributed by atoms with Crippen molar-refractivity contribution in [3.8, 4) is 23.3 Å². The molecule has 5 rings (SSSR count). The number of aromatic nitrogens is 1. The normalized spacial score (nSPS) is 19.3. The third kappa shape index (κ3) is 5.55. The van der Waals surface area contributed by atoms with Gasteiger partial charge in [-0.25, -0.2) is 13.1 Å². The lowest BCUT2D eigenvalue weighted by Gasteiger charge is -2.35. The molecule has 200 valence electrons. The Bertz CT molecular complexity index is 1470.